The van der Waals surface area contributed by atoms with Crippen molar-refractivity contribution in [1.29, 1.82) is 0 Å². The molecule has 21 heavy (non-hydrogen) atoms. The molecule has 0 aromatic rings. The van der Waals surface area contributed by atoms with Gasteiger partial charge < -0.3 is 0 Å². The molecule has 0 N–H and O–H groups in total. The molecule has 0 saturated heterocycles. The molecule has 0 radical (unpaired) electrons. The van der Waals surface area contributed by atoms with E-state index in [0.29, 0.717) is 17.1 Å². The van der Waals surface area contributed by atoms with Gasteiger partial charge in [0, 0.05) is 5.41 Å². The van der Waals surface area contributed by atoms with Crippen molar-refractivity contribution in [2.24, 2.45) is 40.4 Å². The highest BCUT2D eigenvalue weighted by Gasteiger charge is 2.58. The molecule has 0 aliphatic heterocycles. The summed E-state index contributed by atoms with van der Waals surface area (Å²) in [4.78, 5) is 12.3. The van der Waals surface area contributed by atoms with E-state index >= 15 is 0 Å². The van der Waals surface area contributed by atoms with Crippen LogP contribution >= 0.6 is 0 Å². The molecule has 1 nitrogen and oxygen atoms in total. The maximum Gasteiger partial charge on any atom is 0.161 e. The van der Waals surface area contributed by atoms with Crippen LogP contribution in [0.3, 0.4) is 0 Å². The van der Waals surface area contributed by atoms with Crippen molar-refractivity contribution in [2.45, 2.75) is 65.7 Å². The lowest BCUT2D eigenvalue weighted by Crippen LogP contribution is -2.53. The van der Waals surface area contributed by atoms with E-state index in [2.05, 4.69) is 26.8 Å². The standard InChI is InChI=1S/C20H30O/c1-13-8-10-19(2)14(12-13)4-5-15-16-6-7-18(21)20(16,3)11-9-17(15)19/h6-7,13-17H,4-5,8-12H2,1-3H3/t13-,14?,15-,16-,17-,19-,20-/m0/s1. The van der Waals surface area contributed by atoms with Gasteiger partial charge in [-0.25, -0.2) is 0 Å². The summed E-state index contributed by atoms with van der Waals surface area (Å²) < 4.78 is 0. The monoisotopic (exact) mass is 286 g/mol. The first-order valence-electron chi connectivity index (χ1n) is 9.18. The average Bonchev–Trinajstić information content (AvgIpc) is 2.76. The summed E-state index contributed by atoms with van der Waals surface area (Å²) in [5.74, 6) is 4.49. The molecule has 0 amide bonds. The summed E-state index contributed by atoms with van der Waals surface area (Å²) in [5, 5.41) is 0. The summed E-state index contributed by atoms with van der Waals surface area (Å²) in [5.41, 5.74) is 0.516. The van der Waals surface area contributed by atoms with Gasteiger partial charge in [-0.3, -0.25) is 4.79 Å². The van der Waals surface area contributed by atoms with Crippen molar-refractivity contribution in [2.75, 3.05) is 0 Å². The van der Waals surface area contributed by atoms with Gasteiger partial charge in [0.2, 0.25) is 0 Å². The molecule has 3 fully saturated rings. The zero-order chi connectivity index (χ0) is 14.8. The van der Waals surface area contributed by atoms with Crippen molar-refractivity contribution >= 4 is 5.78 Å². The molecule has 7 atom stereocenters. The predicted molar refractivity (Wildman–Crippen MR) is 85.8 cm³/mol. The van der Waals surface area contributed by atoms with E-state index in [1.807, 2.05) is 6.08 Å². The summed E-state index contributed by atoms with van der Waals surface area (Å²) in [6.07, 6.45) is 13.7. The normalized spacial score (nSPS) is 55.8. The number of hydrogen-bond acceptors (Lipinski definition) is 1. The Kier molecular flexibility index (Phi) is 2.98. The van der Waals surface area contributed by atoms with Gasteiger partial charge in [0.05, 0.1) is 0 Å². The first kappa shape index (κ1) is 14.0. The van der Waals surface area contributed by atoms with E-state index in [0.717, 1.165) is 30.1 Å². The second-order valence-electron chi connectivity index (χ2n) is 9.14. The van der Waals surface area contributed by atoms with E-state index in [1.165, 1.54) is 38.5 Å². The zero-order valence-electron chi connectivity index (χ0n) is 13.9. The fourth-order valence-electron chi connectivity index (χ4n) is 6.75. The van der Waals surface area contributed by atoms with Crippen molar-refractivity contribution in [1.82, 2.24) is 0 Å². The van der Waals surface area contributed by atoms with Gasteiger partial charge in [-0.15, -0.1) is 0 Å². The molecule has 0 aromatic carbocycles. The molecule has 3 saturated carbocycles. The summed E-state index contributed by atoms with van der Waals surface area (Å²) in [6, 6.07) is 0. The fraction of sp³-hybridized carbons (Fsp3) is 0.850. The lowest BCUT2D eigenvalue weighted by molar-refractivity contribution is -0.137. The van der Waals surface area contributed by atoms with Gasteiger partial charge in [-0.05, 0) is 79.6 Å². The van der Waals surface area contributed by atoms with Crippen LogP contribution in [0.4, 0.5) is 0 Å². The topological polar surface area (TPSA) is 17.1 Å². The molecule has 4 aliphatic carbocycles. The maximum absolute atomic E-state index is 12.3. The third-order valence-electron chi connectivity index (χ3n) is 8.20. The van der Waals surface area contributed by atoms with Crippen LogP contribution in [-0.4, -0.2) is 5.78 Å². The third-order valence-corrected chi connectivity index (χ3v) is 8.20. The number of carbonyl (C=O) groups excluding carboxylic acids is 1. The van der Waals surface area contributed by atoms with Crippen LogP contribution < -0.4 is 0 Å². The molecule has 0 spiro atoms. The highest BCUT2D eigenvalue weighted by Crippen LogP contribution is 2.64. The molecule has 0 heterocycles. The third kappa shape index (κ3) is 1.79. The Bertz CT molecular complexity index is 492. The quantitative estimate of drug-likeness (QED) is 0.611. The first-order valence-corrected chi connectivity index (χ1v) is 9.18. The molecular formula is C20H30O. The largest absolute Gasteiger partial charge is 0.294 e. The number of hydrogen-bond donors (Lipinski definition) is 0. The smallest absolute Gasteiger partial charge is 0.161 e. The minimum Gasteiger partial charge on any atom is -0.294 e. The van der Waals surface area contributed by atoms with Crippen molar-refractivity contribution < 1.29 is 4.79 Å². The van der Waals surface area contributed by atoms with Crippen LogP contribution in [0.25, 0.3) is 0 Å². The lowest BCUT2D eigenvalue weighted by Gasteiger charge is -2.60. The molecule has 1 heteroatoms. The predicted octanol–water partition coefficient (Wildman–Crippen LogP) is 5.01. The van der Waals surface area contributed by atoms with E-state index in [9.17, 15) is 4.79 Å². The number of allylic oxidation sites excluding steroid dienone is 2. The number of ketones is 1. The number of fused-ring (bicyclic) bond motifs is 5. The van der Waals surface area contributed by atoms with Gasteiger partial charge in [-0.2, -0.15) is 0 Å². The van der Waals surface area contributed by atoms with Gasteiger partial charge in [-0.1, -0.05) is 33.3 Å². The van der Waals surface area contributed by atoms with Crippen molar-refractivity contribution in [3.05, 3.63) is 12.2 Å². The molecule has 4 aliphatic rings. The van der Waals surface area contributed by atoms with Crippen LogP contribution in [0.5, 0.6) is 0 Å². The van der Waals surface area contributed by atoms with Gasteiger partial charge in [0.25, 0.3) is 0 Å². The van der Waals surface area contributed by atoms with Gasteiger partial charge in [0.15, 0.2) is 5.78 Å². The summed E-state index contributed by atoms with van der Waals surface area (Å²) >= 11 is 0. The highest BCUT2D eigenvalue weighted by atomic mass is 16.1. The van der Waals surface area contributed by atoms with Crippen LogP contribution in [0.2, 0.25) is 0 Å². The summed E-state index contributed by atoms with van der Waals surface area (Å²) in [7, 11) is 0. The Morgan fingerprint density at radius 3 is 2.71 bits per heavy atom. The zero-order valence-corrected chi connectivity index (χ0v) is 13.9. The van der Waals surface area contributed by atoms with Gasteiger partial charge in [0.1, 0.15) is 0 Å². The number of carbonyl (C=O) groups is 1. The number of rotatable bonds is 0. The fourth-order valence-corrected chi connectivity index (χ4v) is 6.75. The second kappa shape index (κ2) is 4.46. The molecule has 1 unspecified atom stereocenters. The Hall–Kier alpha value is -0.590. The van der Waals surface area contributed by atoms with Gasteiger partial charge >= 0.3 is 0 Å². The molecule has 4 rings (SSSR count). The van der Waals surface area contributed by atoms with E-state index in [-0.39, 0.29) is 5.41 Å². The Morgan fingerprint density at radius 2 is 1.90 bits per heavy atom. The summed E-state index contributed by atoms with van der Waals surface area (Å²) in [6.45, 7) is 7.29. The Labute approximate surface area is 129 Å². The van der Waals surface area contributed by atoms with Crippen LogP contribution in [-0.2, 0) is 4.79 Å². The molecule has 0 bridgehead atoms. The highest BCUT2D eigenvalue weighted by molar-refractivity contribution is 5.97. The van der Waals surface area contributed by atoms with Crippen molar-refractivity contribution in [3.63, 3.8) is 0 Å². The van der Waals surface area contributed by atoms with E-state index in [4.69, 9.17) is 0 Å². The van der Waals surface area contributed by atoms with Crippen molar-refractivity contribution in [3.8, 4) is 0 Å². The Balaban J connectivity index is 1.65. The molecular weight excluding hydrogens is 256 g/mol. The SMILES string of the molecule is C[C@H]1CC[C@@]2(C)C(CC[C@@H]3[C@@H]2CC[C@]2(C)C(=O)C=C[C@@H]32)C1. The maximum atomic E-state index is 12.3. The molecule has 0 aromatic heterocycles. The molecule has 116 valence electrons. The minimum absolute atomic E-state index is 0.0493. The lowest BCUT2D eigenvalue weighted by atomic mass is 9.45. The minimum atomic E-state index is -0.0493. The first-order chi connectivity index (χ1) is 9.95. The van der Waals surface area contributed by atoms with E-state index < -0.39 is 0 Å². The second-order valence-corrected chi connectivity index (χ2v) is 9.14. The van der Waals surface area contributed by atoms with Crippen LogP contribution in [0.1, 0.15) is 65.7 Å². The van der Waals surface area contributed by atoms with E-state index in [1.54, 1.807) is 0 Å². The Morgan fingerprint density at radius 1 is 1.10 bits per heavy atom. The van der Waals surface area contributed by atoms with Crippen LogP contribution in [0.15, 0.2) is 12.2 Å². The van der Waals surface area contributed by atoms with Crippen LogP contribution in [0, 0.1) is 40.4 Å². The average molecular weight is 286 g/mol.